The summed E-state index contributed by atoms with van der Waals surface area (Å²) in [7, 11) is 1.53. The van der Waals surface area contributed by atoms with Crippen molar-refractivity contribution in [2.24, 2.45) is 0 Å². The average Bonchev–Trinajstić information content (AvgIpc) is 3.11. The van der Waals surface area contributed by atoms with Crippen LogP contribution in [0.1, 0.15) is 16.7 Å². The molecule has 0 atom stereocenters. The normalized spacial score (nSPS) is 14.2. The molecular weight excluding hydrogens is 533 g/mol. The summed E-state index contributed by atoms with van der Waals surface area (Å²) < 4.78 is 12.2. The van der Waals surface area contributed by atoms with Crippen LogP contribution >= 0.6 is 22.6 Å². The summed E-state index contributed by atoms with van der Waals surface area (Å²) in [6, 6.07) is 21.2. The van der Waals surface area contributed by atoms with Crippen molar-refractivity contribution in [3.8, 4) is 17.6 Å². The highest BCUT2D eigenvalue weighted by Crippen LogP contribution is 2.35. The molecule has 0 spiro atoms. The number of nitrogens with zero attached hydrogens (tertiary/aromatic N) is 2. The van der Waals surface area contributed by atoms with Crippen LogP contribution < -0.4 is 19.7 Å². The van der Waals surface area contributed by atoms with E-state index in [1.165, 1.54) is 7.11 Å². The number of urea groups is 1. The first-order chi connectivity index (χ1) is 16.0. The van der Waals surface area contributed by atoms with Crippen molar-refractivity contribution in [1.29, 1.82) is 5.26 Å². The topological polar surface area (TPSA) is 91.7 Å². The number of hydrogen-bond acceptors (Lipinski definition) is 5. The van der Waals surface area contributed by atoms with Gasteiger partial charge < -0.3 is 14.8 Å². The van der Waals surface area contributed by atoms with Gasteiger partial charge in [0.1, 0.15) is 12.3 Å². The maximum Gasteiger partial charge on any atom is 0.333 e. The molecule has 4 rings (SSSR count). The van der Waals surface area contributed by atoms with Gasteiger partial charge in [0, 0.05) is 5.56 Å². The number of imide groups is 1. The van der Waals surface area contributed by atoms with Crippen molar-refractivity contribution in [2.45, 2.75) is 6.61 Å². The van der Waals surface area contributed by atoms with Gasteiger partial charge in [0.05, 0.1) is 28.0 Å². The van der Waals surface area contributed by atoms with Crippen molar-refractivity contribution in [3.63, 3.8) is 0 Å². The first-order valence-electron chi connectivity index (χ1n) is 9.92. The van der Waals surface area contributed by atoms with E-state index in [9.17, 15) is 14.9 Å². The summed E-state index contributed by atoms with van der Waals surface area (Å²) in [6.45, 7) is 0.205. The van der Waals surface area contributed by atoms with Crippen molar-refractivity contribution in [1.82, 2.24) is 5.32 Å². The minimum atomic E-state index is -0.504. The van der Waals surface area contributed by atoms with Crippen molar-refractivity contribution < 1.29 is 19.1 Å². The molecular formula is C25H18IN3O4. The molecule has 0 bridgehead atoms. The quantitative estimate of drug-likeness (QED) is 0.269. The number of benzene rings is 3. The monoisotopic (exact) mass is 551 g/mol. The first-order valence-corrected chi connectivity index (χ1v) is 11.0. The maximum atomic E-state index is 12.8. The van der Waals surface area contributed by atoms with Crippen LogP contribution in [0.2, 0.25) is 0 Å². The fourth-order valence-corrected chi connectivity index (χ4v) is 4.16. The van der Waals surface area contributed by atoms with E-state index < -0.39 is 11.9 Å². The van der Waals surface area contributed by atoms with Crippen LogP contribution in [-0.2, 0) is 11.4 Å². The standard InChI is InChI=1S/C25H18IN3O4/c1-32-22-13-16(11-20(26)23(22)33-15-18-8-6-5-7-17(18)14-27)12-21-24(30)29(25(31)28-21)19-9-3-2-4-10-19/h2-13H,15H2,1H3,(H,28,31)/b21-12+. The number of para-hydroxylation sites is 1. The second kappa shape index (κ2) is 9.75. The summed E-state index contributed by atoms with van der Waals surface area (Å²) in [5, 5.41) is 11.9. The van der Waals surface area contributed by atoms with Crippen LogP contribution in [0.15, 0.2) is 72.4 Å². The van der Waals surface area contributed by atoms with Gasteiger partial charge in [-0.2, -0.15) is 5.26 Å². The number of methoxy groups -OCH3 is 1. The molecule has 3 amide bonds. The van der Waals surface area contributed by atoms with Crippen LogP contribution in [0.25, 0.3) is 6.08 Å². The summed E-state index contributed by atoms with van der Waals surface area (Å²) in [6.07, 6.45) is 1.60. The fraction of sp³-hybridized carbons (Fsp3) is 0.0800. The number of anilines is 1. The number of ether oxygens (including phenoxy) is 2. The van der Waals surface area contributed by atoms with Crippen molar-refractivity contribution >= 4 is 46.3 Å². The number of nitrogens with one attached hydrogen (secondary N) is 1. The lowest BCUT2D eigenvalue weighted by Gasteiger charge is -2.14. The van der Waals surface area contributed by atoms with Gasteiger partial charge in [-0.15, -0.1) is 0 Å². The highest BCUT2D eigenvalue weighted by Gasteiger charge is 2.34. The Morgan fingerprint density at radius 1 is 1.09 bits per heavy atom. The predicted molar refractivity (Wildman–Crippen MR) is 132 cm³/mol. The third kappa shape index (κ3) is 4.68. The summed E-state index contributed by atoms with van der Waals surface area (Å²) in [5.74, 6) is 0.564. The Labute approximate surface area is 204 Å². The van der Waals surface area contributed by atoms with Gasteiger partial charge in [0.15, 0.2) is 11.5 Å². The third-order valence-corrected chi connectivity index (χ3v) is 5.77. The molecule has 1 heterocycles. The number of halogens is 1. The molecule has 33 heavy (non-hydrogen) atoms. The number of carbonyl (C=O) groups excluding carboxylic acids is 2. The van der Waals surface area contributed by atoms with Crippen LogP contribution in [0.3, 0.4) is 0 Å². The molecule has 1 aliphatic heterocycles. The summed E-state index contributed by atoms with van der Waals surface area (Å²) in [5.41, 5.74) is 2.64. The Kier molecular flexibility index (Phi) is 6.60. The molecule has 3 aromatic rings. The number of nitriles is 1. The van der Waals surface area contributed by atoms with Crippen LogP contribution in [0, 0.1) is 14.9 Å². The van der Waals surface area contributed by atoms with Gasteiger partial charge in [0.2, 0.25) is 0 Å². The van der Waals surface area contributed by atoms with E-state index >= 15 is 0 Å². The van der Waals surface area contributed by atoms with Crippen molar-refractivity contribution in [3.05, 3.63) is 92.7 Å². The number of carbonyl (C=O) groups is 2. The van der Waals surface area contributed by atoms with E-state index in [1.807, 2.05) is 24.3 Å². The lowest BCUT2D eigenvalue weighted by atomic mass is 10.1. The second-order valence-corrected chi connectivity index (χ2v) is 8.22. The molecule has 7 nitrogen and oxygen atoms in total. The fourth-order valence-electron chi connectivity index (χ4n) is 3.38. The predicted octanol–water partition coefficient (Wildman–Crippen LogP) is 4.85. The molecule has 0 aromatic heterocycles. The lowest BCUT2D eigenvalue weighted by molar-refractivity contribution is -0.113. The zero-order valence-corrected chi connectivity index (χ0v) is 19.7. The van der Waals surface area contributed by atoms with E-state index in [-0.39, 0.29) is 12.3 Å². The molecule has 1 aliphatic rings. The van der Waals surface area contributed by atoms with E-state index in [0.717, 1.165) is 14.0 Å². The molecule has 1 fully saturated rings. The molecule has 8 heteroatoms. The number of amides is 3. The molecule has 3 aromatic carbocycles. The Morgan fingerprint density at radius 3 is 2.55 bits per heavy atom. The van der Waals surface area contributed by atoms with Gasteiger partial charge in [-0.25, -0.2) is 9.69 Å². The highest BCUT2D eigenvalue weighted by molar-refractivity contribution is 14.1. The van der Waals surface area contributed by atoms with Gasteiger partial charge >= 0.3 is 6.03 Å². The molecule has 0 saturated carbocycles. The largest absolute Gasteiger partial charge is 0.493 e. The van der Waals surface area contributed by atoms with Crippen LogP contribution in [0.5, 0.6) is 11.5 Å². The van der Waals surface area contributed by atoms with Gasteiger partial charge in [-0.3, -0.25) is 4.79 Å². The Morgan fingerprint density at radius 2 is 1.82 bits per heavy atom. The molecule has 1 N–H and O–H groups in total. The Hall–Kier alpha value is -3.84. The zero-order chi connectivity index (χ0) is 23.4. The van der Waals surface area contributed by atoms with Crippen LogP contribution in [-0.4, -0.2) is 19.0 Å². The third-order valence-electron chi connectivity index (χ3n) is 4.97. The SMILES string of the molecule is COc1cc(/C=C2/NC(=O)N(c3ccccc3)C2=O)cc(I)c1OCc1ccccc1C#N. The number of hydrogen-bond donors (Lipinski definition) is 1. The van der Waals surface area contributed by atoms with Gasteiger partial charge in [-0.05, 0) is 64.6 Å². The van der Waals surface area contributed by atoms with Gasteiger partial charge in [0.25, 0.3) is 5.91 Å². The summed E-state index contributed by atoms with van der Waals surface area (Å²) >= 11 is 2.12. The minimum Gasteiger partial charge on any atom is -0.493 e. The second-order valence-electron chi connectivity index (χ2n) is 7.06. The molecule has 0 radical (unpaired) electrons. The van der Waals surface area contributed by atoms with E-state index in [1.54, 1.807) is 48.5 Å². The van der Waals surface area contributed by atoms with E-state index in [2.05, 4.69) is 34.0 Å². The van der Waals surface area contributed by atoms with Crippen molar-refractivity contribution in [2.75, 3.05) is 12.0 Å². The molecule has 0 unspecified atom stereocenters. The maximum absolute atomic E-state index is 12.8. The lowest BCUT2D eigenvalue weighted by Crippen LogP contribution is -2.30. The highest BCUT2D eigenvalue weighted by atomic mass is 127. The van der Waals surface area contributed by atoms with E-state index in [4.69, 9.17) is 9.47 Å². The molecule has 1 saturated heterocycles. The average molecular weight is 551 g/mol. The van der Waals surface area contributed by atoms with E-state index in [0.29, 0.717) is 28.3 Å². The smallest absolute Gasteiger partial charge is 0.333 e. The first kappa shape index (κ1) is 22.4. The Bertz CT molecular complexity index is 1300. The summed E-state index contributed by atoms with van der Waals surface area (Å²) in [4.78, 5) is 26.3. The molecule has 164 valence electrons. The number of rotatable bonds is 6. The van der Waals surface area contributed by atoms with Gasteiger partial charge in [-0.1, -0.05) is 36.4 Å². The molecule has 0 aliphatic carbocycles. The Balaban J connectivity index is 1.59. The van der Waals surface area contributed by atoms with Crippen LogP contribution in [0.4, 0.5) is 10.5 Å². The zero-order valence-electron chi connectivity index (χ0n) is 17.5. The minimum absolute atomic E-state index is 0.165.